The third kappa shape index (κ3) is 4.14. The highest BCUT2D eigenvalue weighted by Crippen LogP contribution is 2.34. The van der Waals surface area contributed by atoms with Gasteiger partial charge in [-0.15, -0.1) is 0 Å². The van der Waals surface area contributed by atoms with Crippen LogP contribution in [0.4, 0.5) is 0 Å². The highest BCUT2D eigenvalue weighted by molar-refractivity contribution is 7.98. The van der Waals surface area contributed by atoms with E-state index in [2.05, 4.69) is 15.1 Å². The molecule has 0 N–H and O–H groups in total. The molecule has 0 aliphatic rings. The Hall–Kier alpha value is -2.18. The predicted octanol–water partition coefficient (Wildman–Crippen LogP) is 4.48. The number of rotatable bonds is 7. The van der Waals surface area contributed by atoms with Gasteiger partial charge in [0.1, 0.15) is 5.78 Å². The second-order valence-corrected chi connectivity index (χ2v) is 7.33. The molecule has 5 nitrogen and oxygen atoms in total. The molecule has 134 valence electrons. The number of Topliss-reactive ketones (excluding diaryl/α,β-unsaturated/α-hetero) is 1. The molecule has 3 heterocycles. The number of hydrogen-bond donors (Lipinski definition) is 0. The predicted molar refractivity (Wildman–Crippen MR) is 105 cm³/mol. The van der Waals surface area contributed by atoms with E-state index in [0.717, 1.165) is 16.8 Å². The minimum absolute atomic E-state index is 0.0748. The number of nitrogens with zero attached hydrogens (tertiary/aromatic N) is 4. The Morgan fingerprint density at radius 2 is 1.96 bits per heavy atom. The summed E-state index contributed by atoms with van der Waals surface area (Å²) in [7, 11) is 0. The Morgan fingerprint density at radius 3 is 2.58 bits per heavy atom. The van der Waals surface area contributed by atoms with Crippen LogP contribution in [0.3, 0.4) is 0 Å². The zero-order valence-electron chi connectivity index (χ0n) is 14.5. The average Bonchev–Trinajstić information content (AvgIpc) is 3.08. The van der Waals surface area contributed by atoms with E-state index in [1.165, 1.54) is 0 Å². The van der Waals surface area contributed by atoms with Crippen molar-refractivity contribution in [1.29, 1.82) is 0 Å². The number of aromatic nitrogens is 4. The van der Waals surface area contributed by atoms with Gasteiger partial charge >= 0.3 is 0 Å². The summed E-state index contributed by atoms with van der Waals surface area (Å²) in [6.07, 6.45) is 11.2. The standard InChI is InChI=1S/C19H19ClN4OS/c1-13(17(25)9-18(26-2)14-5-3-7-21-10-14)16-12-24(23-19(16)20)15-6-4-8-22-11-15/h3-8,10-13,18H,9H2,1-2H3. The molecule has 3 aromatic heterocycles. The molecule has 3 aromatic rings. The molecule has 0 aliphatic heterocycles. The molecule has 0 aromatic carbocycles. The van der Waals surface area contributed by atoms with Crippen molar-refractivity contribution < 1.29 is 4.79 Å². The molecule has 0 fully saturated rings. The van der Waals surface area contributed by atoms with E-state index in [1.807, 2.05) is 43.6 Å². The Kier molecular flexibility index (Phi) is 6.06. The molecule has 0 saturated carbocycles. The molecule has 0 amide bonds. The third-order valence-corrected chi connectivity index (χ3v) is 5.58. The second-order valence-electron chi connectivity index (χ2n) is 5.93. The minimum Gasteiger partial charge on any atom is -0.299 e. The quantitative estimate of drug-likeness (QED) is 0.599. The van der Waals surface area contributed by atoms with Gasteiger partial charge in [-0.25, -0.2) is 4.68 Å². The molecule has 2 unspecified atom stereocenters. The van der Waals surface area contributed by atoms with Crippen LogP contribution in [-0.2, 0) is 4.79 Å². The molecule has 2 atom stereocenters. The fraction of sp³-hybridized carbons (Fsp3) is 0.263. The fourth-order valence-corrected chi connectivity index (χ4v) is 3.75. The van der Waals surface area contributed by atoms with Crippen molar-refractivity contribution in [3.8, 4) is 5.69 Å². The largest absolute Gasteiger partial charge is 0.299 e. The number of ketones is 1. The molecule has 7 heteroatoms. The van der Waals surface area contributed by atoms with Gasteiger partial charge in [-0.2, -0.15) is 16.9 Å². The Labute approximate surface area is 161 Å². The minimum atomic E-state index is -0.334. The van der Waals surface area contributed by atoms with Crippen LogP contribution >= 0.6 is 23.4 Å². The van der Waals surface area contributed by atoms with E-state index in [4.69, 9.17) is 11.6 Å². The smallest absolute Gasteiger partial charge is 0.155 e. The van der Waals surface area contributed by atoms with Crippen LogP contribution in [0.1, 0.15) is 35.6 Å². The van der Waals surface area contributed by atoms with Crippen molar-refractivity contribution >= 4 is 29.1 Å². The van der Waals surface area contributed by atoms with Gasteiger partial charge in [0.05, 0.1) is 11.9 Å². The highest BCUT2D eigenvalue weighted by Gasteiger charge is 2.24. The van der Waals surface area contributed by atoms with E-state index >= 15 is 0 Å². The van der Waals surface area contributed by atoms with Gasteiger partial charge in [0.25, 0.3) is 0 Å². The Bertz CT molecular complexity index is 870. The summed E-state index contributed by atoms with van der Waals surface area (Å²) in [5.41, 5.74) is 2.59. The summed E-state index contributed by atoms with van der Waals surface area (Å²) in [6.45, 7) is 1.87. The normalized spacial score (nSPS) is 13.3. The van der Waals surface area contributed by atoms with Crippen molar-refractivity contribution in [2.75, 3.05) is 6.26 Å². The third-order valence-electron chi connectivity index (χ3n) is 4.28. The highest BCUT2D eigenvalue weighted by atomic mass is 35.5. The van der Waals surface area contributed by atoms with Crippen molar-refractivity contribution in [3.63, 3.8) is 0 Å². The van der Waals surface area contributed by atoms with Crippen LogP contribution in [0.25, 0.3) is 5.69 Å². The van der Waals surface area contributed by atoms with Crippen molar-refractivity contribution in [2.45, 2.75) is 24.5 Å². The lowest BCUT2D eigenvalue weighted by molar-refractivity contribution is -0.120. The molecular formula is C19H19ClN4OS. The van der Waals surface area contributed by atoms with Crippen LogP contribution < -0.4 is 0 Å². The zero-order valence-corrected chi connectivity index (χ0v) is 16.1. The SMILES string of the molecule is CSC(CC(=O)C(C)c1cn(-c2cccnc2)nc1Cl)c1cccnc1. The molecule has 0 spiro atoms. The Balaban J connectivity index is 1.77. The number of pyridine rings is 2. The summed E-state index contributed by atoms with van der Waals surface area (Å²) >= 11 is 7.95. The van der Waals surface area contributed by atoms with Gasteiger partial charge < -0.3 is 0 Å². The summed E-state index contributed by atoms with van der Waals surface area (Å²) in [4.78, 5) is 21.1. The van der Waals surface area contributed by atoms with Crippen molar-refractivity contribution in [2.24, 2.45) is 0 Å². The maximum Gasteiger partial charge on any atom is 0.155 e. The van der Waals surface area contributed by atoms with E-state index in [1.54, 1.807) is 41.2 Å². The first-order valence-electron chi connectivity index (χ1n) is 8.21. The first-order valence-corrected chi connectivity index (χ1v) is 9.87. The van der Waals surface area contributed by atoms with Gasteiger partial charge in [0.2, 0.25) is 0 Å². The lowest BCUT2D eigenvalue weighted by Crippen LogP contribution is -2.12. The first kappa shape index (κ1) is 18.6. The van der Waals surface area contributed by atoms with Crippen molar-refractivity contribution in [3.05, 3.63) is 71.5 Å². The van der Waals surface area contributed by atoms with Gasteiger partial charge in [0, 0.05) is 47.9 Å². The number of halogens is 1. The molecule has 0 bridgehead atoms. The summed E-state index contributed by atoms with van der Waals surface area (Å²) in [5.74, 6) is -0.208. The summed E-state index contributed by atoms with van der Waals surface area (Å²) < 4.78 is 1.65. The molecule has 26 heavy (non-hydrogen) atoms. The fourth-order valence-electron chi connectivity index (χ4n) is 2.71. The van der Waals surface area contributed by atoms with E-state index < -0.39 is 0 Å². The van der Waals surface area contributed by atoms with Crippen molar-refractivity contribution in [1.82, 2.24) is 19.7 Å². The number of hydrogen-bond acceptors (Lipinski definition) is 5. The first-order chi connectivity index (χ1) is 12.6. The van der Waals surface area contributed by atoms with Gasteiger partial charge in [-0.05, 0) is 30.0 Å². The topological polar surface area (TPSA) is 60.7 Å². The van der Waals surface area contributed by atoms with Crippen LogP contribution in [0.15, 0.2) is 55.2 Å². The number of carbonyl (C=O) groups is 1. The van der Waals surface area contributed by atoms with Crippen LogP contribution in [0.5, 0.6) is 0 Å². The zero-order chi connectivity index (χ0) is 18.5. The van der Waals surface area contributed by atoms with Gasteiger partial charge in [0.15, 0.2) is 5.15 Å². The van der Waals surface area contributed by atoms with Crippen LogP contribution in [0, 0.1) is 0 Å². The molecule has 3 rings (SSSR count). The monoisotopic (exact) mass is 386 g/mol. The summed E-state index contributed by atoms with van der Waals surface area (Å²) in [6, 6.07) is 7.61. The molecular weight excluding hydrogens is 368 g/mol. The second kappa shape index (κ2) is 8.47. The van der Waals surface area contributed by atoms with Crippen LogP contribution in [0.2, 0.25) is 5.15 Å². The molecule has 0 saturated heterocycles. The maximum absolute atomic E-state index is 12.8. The lowest BCUT2D eigenvalue weighted by atomic mass is 9.95. The molecule has 0 aliphatic carbocycles. The average molecular weight is 387 g/mol. The molecule has 0 radical (unpaired) electrons. The number of thioether (sulfide) groups is 1. The number of carbonyl (C=O) groups excluding carboxylic acids is 1. The maximum atomic E-state index is 12.8. The van der Waals surface area contributed by atoms with E-state index in [0.29, 0.717) is 11.6 Å². The summed E-state index contributed by atoms with van der Waals surface area (Å²) in [5, 5.41) is 4.74. The van der Waals surface area contributed by atoms with Gasteiger partial charge in [-0.3, -0.25) is 14.8 Å². The Morgan fingerprint density at radius 1 is 1.23 bits per heavy atom. The van der Waals surface area contributed by atoms with Crippen LogP contribution in [-0.4, -0.2) is 31.8 Å². The van der Waals surface area contributed by atoms with Gasteiger partial charge in [-0.1, -0.05) is 24.6 Å². The lowest BCUT2D eigenvalue weighted by Gasteiger charge is -2.16. The van der Waals surface area contributed by atoms with E-state index in [-0.39, 0.29) is 17.0 Å². The van der Waals surface area contributed by atoms with E-state index in [9.17, 15) is 4.79 Å².